The first-order valence-corrected chi connectivity index (χ1v) is 9.65. The molecule has 96 valence electrons. The van der Waals surface area contributed by atoms with Crippen LogP contribution in [0.1, 0.15) is 19.8 Å². The van der Waals surface area contributed by atoms with Crippen molar-refractivity contribution in [2.45, 2.75) is 36.4 Å². The van der Waals surface area contributed by atoms with E-state index in [1.807, 2.05) is 23.5 Å². The Balaban J connectivity index is 2.31. The molecule has 0 saturated carbocycles. The molecule has 0 aromatic rings. The predicted octanol–water partition coefficient (Wildman–Crippen LogP) is 1.41. The number of sulfone groups is 1. The molecule has 0 aliphatic carbocycles. The van der Waals surface area contributed by atoms with Crippen molar-refractivity contribution in [3.63, 3.8) is 0 Å². The van der Waals surface area contributed by atoms with Gasteiger partial charge in [0.25, 0.3) is 0 Å². The lowest BCUT2D eigenvalue weighted by Gasteiger charge is -2.31. The molecule has 1 fully saturated rings. The summed E-state index contributed by atoms with van der Waals surface area (Å²) in [6.45, 7) is 2.14. The van der Waals surface area contributed by atoms with Crippen LogP contribution in [-0.2, 0) is 9.84 Å². The lowest BCUT2D eigenvalue weighted by atomic mass is 10.1. The van der Waals surface area contributed by atoms with Crippen LogP contribution >= 0.6 is 23.5 Å². The maximum absolute atomic E-state index is 11.0. The summed E-state index contributed by atoms with van der Waals surface area (Å²) < 4.78 is 21.9. The van der Waals surface area contributed by atoms with Crippen molar-refractivity contribution in [3.05, 3.63) is 0 Å². The van der Waals surface area contributed by atoms with Crippen LogP contribution in [0.25, 0.3) is 0 Å². The first-order valence-electron chi connectivity index (χ1n) is 5.49. The Morgan fingerprint density at radius 1 is 1.38 bits per heavy atom. The molecule has 1 aliphatic rings. The molecule has 0 radical (unpaired) electrons. The number of hydrogen-bond acceptors (Lipinski definition) is 5. The van der Waals surface area contributed by atoms with Crippen LogP contribution in [-0.4, -0.2) is 53.6 Å². The van der Waals surface area contributed by atoms with Crippen LogP contribution in [0, 0.1) is 0 Å². The van der Waals surface area contributed by atoms with Crippen molar-refractivity contribution >= 4 is 33.4 Å². The second-order valence-corrected chi connectivity index (χ2v) is 9.28. The summed E-state index contributed by atoms with van der Waals surface area (Å²) in [6, 6.07) is 0. The summed E-state index contributed by atoms with van der Waals surface area (Å²) in [5, 5.41) is 10.7. The molecule has 0 spiro atoms. The van der Waals surface area contributed by atoms with E-state index >= 15 is 0 Å². The Labute approximate surface area is 107 Å². The summed E-state index contributed by atoms with van der Waals surface area (Å²) in [4.78, 5) is 0. The molecule has 0 amide bonds. The zero-order valence-electron chi connectivity index (χ0n) is 9.76. The third-order valence-corrected chi connectivity index (χ3v) is 6.90. The van der Waals surface area contributed by atoms with Crippen molar-refractivity contribution in [3.8, 4) is 0 Å². The van der Waals surface area contributed by atoms with Crippen LogP contribution in [0.15, 0.2) is 0 Å². The van der Waals surface area contributed by atoms with E-state index in [0.717, 1.165) is 11.5 Å². The van der Waals surface area contributed by atoms with Gasteiger partial charge in [-0.15, -0.1) is 0 Å². The van der Waals surface area contributed by atoms with Crippen molar-refractivity contribution in [2.24, 2.45) is 0 Å². The van der Waals surface area contributed by atoms with Gasteiger partial charge in [-0.1, -0.05) is 6.92 Å². The molecule has 0 bridgehead atoms. The van der Waals surface area contributed by atoms with Gasteiger partial charge in [0, 0.05) is 34.0 Å². The summed E-state index contributed by atoms with van der Waals surface area (Å²) in [7, 11) is -2.89. The zero-order valence-corrected chi connectivity index (χ0v) is 12.2. The lowest BCUT2D eigenvalue weighted by molar-refractivity contribution is 0.160. The van der Waals surface area contributed by atoms with E-state index in [-0.39, 0.29) is 17.1 Å². The van der Waals surface area contributed by atoms with E-state index in [4.69, 9.17) is 0 Å². The molecule has 0 aromatic carbocycles. The molecule has 1 aliphatic heterocycles. The van der Waals surface area contributed by atoms with Crippen LogP contribution in [0.5, 0.6) is 0 Å². The summed E-state index contributed by atoms with van der Waals surface area (Å²) in [5.41, 5.74) is 0. The second kappa shape index (κ2) is 6.52. The number of rotatable bonds is 5. The highest BCUT2D eigenvalue weighted by atomic mass is 32.2. The number of aliphatic hydroxyl groups excluding tert-OH is 1. The van der Waals surface area contributed by atoms with Crippen molar-refractivity contribution < 1.29 is 13.5 Å². The Morgan fingerprint density at radius 2 is 2.00 bits per heavy atom. The molecule has 1 N–H and O–H groups in total. The maximum Gasteiger partial charge on any atom is 0.147 e. The molecule has 1 saturated heterocycles. The lowest BCUT2D eigenvalue weighted by Crippen LogP contribution is -2.34. The third kappa shape index (κ3) is 5.29. The van der Waals surface area contributed by atoms with E-state index in [1.54, 1.807) is 0 Å². The summed E-state index contributed by atoms with van der Waals surface area (Å²) in [6.07, 6.45) is 2.03. The van der Waals surface area contributed by atoms with Gasteiger partial charge < -0.3 is 5.11 Å². The van der Waals surface area contributed by atoms with Crippen molar-refractivity contribution in [1.29, 1.82) is 0 Å². The largest absolute Gasteiger partial charge is 0.392 e. The highest BCUT2D eigenvalue weighted by molar-refractivity contribution is 8.07. The molecule has 3 nitrogen and oxygen atoms in total. The molecular formula is C10H20O3S3. The van der Waals surface area contributed by atoms with Crippen molar-refractivity contribution in [2.75, 3.05) is 23.5 Å². The molecule has 3 unspecified atom stereocenters. The van der Waals surface area contributed by atoms with Gasteiger partial charge in [0.1, 0.15) is 9.84 Å². The summed E-state index contributed by atoms with van der Waals surface area (Å²) in [5.74, 6) is 2.42. The first-order chi connectivity index (χ1) is 7.40. The second-order valence-electron chi connectivity index (χ2n) is 4.25. The van der Waals surface area contributed by atoms with Gasteiger partial charge in [-0.3, -0.25) is 0 Å². The fraction of sp³-hybridized carbons (Fsp3) is 1.00. The van der Waals surface area contributed by atoms with Crippen molar-refractivity contribution in [1.82, 2.24) is 0 Å². The monoisotopic (exact) mass is 284 g/mol. The van der Waals surface area contributed by atoms with Gasteiger partial charge in [-0.2, -0.15) is 23.5 Å². The molecule has 6 heteroatoms. The standard InChI is InChI=1S/C10H20O3S3/c1-8-10(15-6-5-14-8)9(11)4-3-7-16(2,12)13/h8-11H,3-7H2,1-2H3. The minimum absolute atomic E-state index is 0.184. The van der Waals surface area contributed by atoms with E-state index < -0.39 is 9.84 Å². The zero-order chi connectivity index (χ0) is 12.2. The molecule has 3 atom stereocenters. The fourth-order valence-electron chi connectivity index (χ4n) is 1.79. The Kier molecular flexibility index (Phi) is 5.98. The van der Waals surface area contributed by atoms with E-state index in [1.165, 1.54) is 6.26 Å². The van der Waals surface area contributed by atoms with E-state index in [0.29, 0.717) is 18.1 Å². The maximum atomic E-state index is 11.0. The highest BCUT2D eigenvalue weighted by Gasteiger charge is 2.28. The Morgan fingerprint density at radius 3 is 2.56 bits per heavy atom. The molecule has 1 rings (SSSR count). The SMILES string of the molecule is CC1SCCSC1C(O)CCCS(C)(=O)=O. The van der Waals surface area contributed by atoms with Crippen LogP contribution < -0.4 is 0 Å². The quantitative estimate of drug-likeness (QED) is 0.827. The third-order valence-electron chi connectivity index (χ3n) is 2.63. The average Bonchev–Trinajstić information content (AvgIpc) is 2.16. The van der Waals surface area contributed by atoms with E-state index in [2.05, 4.69) is 6.92 Å². The Bertz CT molecular complexity index is 302. The minimum atomic E-state index is -2.89. The van der Waals surface area contributed by atoms with Gasteiger partial charge in [0.2, 0.25) is 0 Å². The van der Waals surface area contributed by atoms with Crippen LogP contribution in [0.2, 0.25) is 0 Å². The van der Waals surface area contributed by atoms with Gasteiger partial charge in [-0.05, 0) is 12.8 Å². The topological polar surface area (TPSA) is 54.4 Å². The molecule has 0 aromatic heterocycles. The van der Waals surface area contributed by atoms with Crippen LogP contribution in [0.4, 0.5) is 0 Å². The van der Waals surface area contributed by atoms with Gasteiger partial charge >= 0.3 is 0 Å². The predicted molar refractivity (Wildman–Crippen MR) is 73.1 cm³/mol. The first kappa shape index (κ1) is 14.7. The smallest absolute Gasteiger partial charge is 0.147 e. The van der Waals surface area contributed by atoms with Gasteiger partial charge in [-0.25, -0.2) is 8.42 Å². The number of aliphatic hydroxyl groups is 1. The number of thioether (sulfide) groups is 2. The van der Waals surface area contributed by atoms with Gasteiger partial charge in [0.15, 0.2) is 0 Å². The average molecular weight is 284 g/mol. The summed E-state index contributed by atoms with van der Waals surface area (Å²) >= 11 is 3.71. The van der Waals surface area contributed by atoms with E-state index in [9.17, 15) is 13.5 Å². The Hall–Kier alpha value is 0.610. The fourth-order valence-corrected chi connectivity index (χ4v) is 5.37. The molecular weight excluding hydrogens is 264 g/mol. The normalized spacial score (nSPS) is 28.9. The minimum Gasteiger partial charge on any atom is -0.392 e. The number of hydrogen-bond donors (Lipinski definition) is 1. The highest BCUT2D eigenvalue weighted by Crippen LogP contribution is 2.34. The molecule has 1 heterocycles. The molecule has 16 heavy (non-hydrogen) atoms. The van der Waals surface area contributed by atoms with Gasteiger partial charge in [0.05, 0.1) is 6.10 Å². The van der Waals surface area contributed by atoms with Crippen LogP contribution in [0.3, 0.4) is 0 Å².